The number of hydrogen-bond donors (Lipinski definition) is 2. The highest BCUT2D eigenvalue weighted by atomic mass is 35.5. The zero-order valence-corrected chi connectivity index (χ0v) is 18.2. The molecule has 28 heavy (non-hydrogen) atoms. The smallest absolute Gasteiger partial charge is 0.242 e. The average molecular weight is 441 g/mol. The summed E-state index contributed by atoms with van der Waals surface area (Å²) in [6.07, 6.45) is 0.552. The Morgan fingerprint density at radius 3 is 2.61 bits per heavy atom. The molecule has 0 radical (unpaired) electrons. The van der Waals surface area contributed by atoms with Crippen molar-refractivity contribution in [2.24, 2.45) is 0 Å². The van der Waals surface area contributed by atoms with E-state index in [-0.39, 0.29) is 21.5 Å². The Morgan fingerprint density at radius 1 is 1.14 bits per heavy atom. The minimum absolute atomic E-state index is 0.0610. The fraction of sp³-hybridized carbons (Fsp3) is 0.300. The topological polar surface area (TPSA) is 71.2 Å². The predicted molar refractivity (Wildman–Crippen MR) is 114 cm³/mol. The Labute approximate surface area is 175 Å². The number of ether oxygens (including phenoxy) is 1. The molecule has 0 amide bonds. The minimum atomic E-state index is -3.80. The molecule has 0 spiro atoms. The van der Waals surface area contributed by atoms with E-state index in [2.05, 4.69) is 9.71 Å². The van der Waals surface area contributed by atoms with Crippen LogP contribution in [0.5, 0.6) is 5.75 Å². The molecule has 0 aliphatic rings. The van der Waals surface area contributed by atoms with Gasteiger partial charge in [-0.2, -0.15) is 0 Å². The molecule has 1 aromatic heterocycles. The van der Waals surface area contributed by atoms with E-state index in [1.165, 1.54) is 12.1 Å². The van der Waals surface area contributed by atoms with Crippen LogP contribution in [0.15, 0.2) is 35.2 Å². The third-order valence-corrected chi connectivity index (χ3v) is 6.83. The van der Waals surface area contributed by atoms with Crippen molar-refractivity contribution in [2.45, 2.75) is 32.1 Å². The van der Waals surface area contributed by atoms with Crippen molar-refractivity contribution in [1.82, 2.24) is 9.71 Å². The normalized spacial score (nSPS) is 11.9. The summed E-state index contributed by atoms with van der Waals surface area (Å²) < 4.78 is 33.4. The molecule has 2 aromatic carbocycles. The Kier molecular flexibility index (Phi) is 6.25. The van der Waals surface area contributed by atoms with Crippen LogP contribution in [0.4, 0.5) is 0 Å². The van der Waals surface area contributed by atoms with E-state index in [9.17, 15) is 8.42 Å². The van der Waals surface area contributed by atoms with Gasteiger partial charge in [-0.25, -0.2) is 13.1 Å². The van der Waals surface area contributed by atoms with Gasteiger partial charge in [0.2, 0.25) is 10.0 Å². The number of hydrogen-bond acceptors (Lipinski definition) is 3. The molecule has 3 rings (SSSR count). The third-order valence-electron chi connectivity index (χ3n) is 4.61. The van der Waals surface area contributed by atoms with E-state index in [1.54, 1.807) is 0 Å². The molecular formula is C20H22Cl2N2O3S. The van der Waals surface area contributed by atoms with Crippen LogP contribution in [0.3, 0.4) is 0 Å². The maximum absolute atomic E-state index is 12.7. The number of para-hydroxylation sites is 1. The first-order valence-corrected chi connectivity index (χ1v) is 11.2. The highest BCUT2D eigenvalue weighted by molar-refractivity contribution is 7.89. The number of fused-ring (bicyclic) bond motifs is 1. The van der Waals surface area contributed by atoms with Crippen molar-refractivity contribution in [3.63, 3.8) is 0 Å². The Hall–Kier alpha value is -1.73. The van der Waals surface area contributed by atoms with Crippen LogP contribution < -0.4 is 9.46 Å². The lowest BCUT2D eigenvalue weighted by Gasteiger charge is -2.12. The lowest BCUT2D eigenvalue weighted by Crippen LogP contribution is -2.26. The summed E-state index contributed by atoms with van der Waals surface area (Å²) in [5.74, 6) is 0.359. The van der Waals surface area contributed by atoms with Crippen molar-refractivity contribution in [2.75, 3.05) is 13.2 Å². The summed E-state index contributed by atoms with van der Waals surface area (Å²) in [5.41, 5.74) is 4.37. The first kappa shape index (κ1) is 21.0. The van der Waals surface area contributed by atoms with Gasteiger partial charge in [-0.05, 0) is 44.4 Å². The highest BCUT2D eigenvalue weighted by Crippen LogP contribution is 2.33. The second-order valence-corrected chi connectivity index (χ2v) is 9.07. The van der Waals surface area contributed by atoms with Gasteiger partial charge in [0, 0.05) is 29.2 Å². The van der Waals surface area contributed by atoms with Crippen LogP contribution in [-0.2, 0) is 16.4 Å². The number of aromatic amines is 1. The zero-order valence-electron chi connectivity index (χ0n) is 15.9. The maximum Gasteiger partial charge on any atom is 0.242 e. The first-order chi connectivity index (χ1) is 13.2. The minimum Gasteiger partial charge on any atom is -0.492 e. The summed E-state index contributed by atoms with van der Waals surface area (Å²) in [4.78, 5) is 3.32. The van der Waals surface area contributed by atoms with Gasteiger partial charge in [-0.15, -0.1) is 0 Å². The van der Waals surface area contributed by atoms with Gasteiger partial charge >= 0.3 is 0 Å². The van der Waals surface area contributed by atoms with Gasteiger partial charge in [0.25, 0.3) is 0 Å². The van der Waals surface area contributed by atoms with E-state index in [1.807, 2.05) is 39.0 Å². The highest BCUT2D eigenvalue weighted by Gasteiger charge is 2.21. The molecule has 150 valence electrons. The lowest BCUT2D eigenvalue weighted by atomic mass is 10.1. The largest absolute Gasteiger partial charge is 0.492 e. The van der Waals surface area contributed by atoms with E-state index in [0.717, 1.165) is 27.7 Å². The molecule has 1 heterocycles. The standard InChI is InChI=1S/C20H22Cl2N2O3S/c1-4-27-18-10-17(22)19(11-16(18)21)28(25,26)23-9-8-14-13(3)24-20-12(2)6-5-7-15(14)20/h5-7,10-11,23-24H,4,8-9H2,1-3H3. The number of halogens is 2. The van der Waals surface area contributed by atoms with Crippen molar-refractivity contribution in [3.05, 3.63) is 57.2 Å². The number of benzene rings is 2. The fourth-order valence-electron chi connectivity index (χ4n) is 3.24. The molecule has 0 saturated carbocycles. The summed E-state index contributed by atoms with van der Waals surface area (Å²) in [7, 11) is -3.80. The first-order valence-electron chi connectivity index (χ1n) is 8.93. The molecule has 0 aliphatic heterocycles. The van der Waals surface area contributed by atoms with Crippen molar-refractivity contribution < 1.29 is 13.2 Å². The molecule has 5 nitrogen and oxygen atoms in total. The summed E-state index contributed by atoms with van der Waals surface area (Å²) in [6.45, 7) is 6.49. The zero-order chi connectivity index (χ0) is 20.5. The van der Waals surface area contributed by atoms with Crippen LogP contribution in [0, 0.1) is 13.8 Å². The molecule has 0 bridgehead atoms. The van der Waals surface area contributed by atoms with E-state index >= 15 is 0 Å². The van der Waals surface area contributed by atoms with Gasteiger partial charge in [0.15, 0.2) is 0 Å². The lowest BCUT2D eigenvalue weighted by molar-refractivity contribution is 0.340. The SMILES string of the molecule is CCOc1cc(Cl)c(S(=O)(=O)NCCc2c(C)[nH]c3c(C)cccc23)cc1Cl. The number of sulfonamides is 1. The van der Waals surface area contributed by atoms with Crippen molar-refractivity contribution in [3.8, 4) is 5.75 Å². The van der Waals surface area contributed by atoms with Crippen LogP contribution in [0.2, 0.25) is 10.0 Å². The Balaban J connectivity index is 1.79. The maximum atomic E-state index is 12.7. The summed E-state index contributed by atoms with van der Waals surface area (Å²) in [5, 5.41) is 1.38. The van der Waals surface area contributed by atoms with Gasteiger partial charge in [-0.1, -0.05) is 41.4 Å². The summed E-state index contributed by atoms with van der Waals surface area (Å²) in [6, 6.07) is 8.83. The Morgan fingerprint density at radius 2 is 1.89 bits per heavy atom. The van der Waals surface area contributed by atoms with E-state index in [0.29, 0.717) is 18.8 Å². The molecule has 8 heteroatoms. The van der Waals surface area contributed by atoms with Crippen LogP contribution in [0.1, 0.15) is 23.7 Å². The quantitative estimate of drug-likeness (QED) is 0.542. The number of aromatic nitrogens is 1. The molecular weight excluding hydrogens is 419 g/mol. The van der Waals surface area contributed by atoms with E-state index in [4.69, 9.17) is 27.9 Å². The molecule has 0 fully saturated rings. The average Bonchev–Trinajstić information content (AvgIpc) is 2.95. The molecule has 0 saturated heterocycles. The fourth-order valence-corrected chi connectivity index (χ4v) is 5.10. The van der Waals surface area contributed by atoms with Crippen molar-refractivity contribution in [1.29, 1.82) is 0 Å². The number of rotatable bonds is 7. The molecule has 0 unspecified atom stereocenters. The van der Waals surface area contributed by atoms with Crippen LogP contribution in [0.25, 0.3) is 10.9 Å². The molecule has 0 aliphatic carbocycles. The second kappa shape index (κ2) is 8.33. The predicted octanol–water partition coefficient (Wildman–Crippen LogP) is 5.01. The molecule has 3 aromatic rings. The number of nitrogens with one attached hydrogen (secondary N) is 2. The molecule has 0 atom stereocenters. The van der Waals surface area contributed by atoms with Crippen molar-refractivity contribution >= 4 is 44.1 Å². The van der Waals surface area contributed by atoms with Crippen LogP contribution in [-0.4, -0.2) is 26.6 Å². The Bertz CT molecular complexity index is 1120. The van der Waals surface area contributed by atoms with Gasteiger partial charge in [-0.3, -0.25) is 0 Å². The number of aryl methyl sites for hydroxylation is 2. The molecule has 2 N–H and O–H groups in total. The van der Waals surface area contributed by atoms with Gasteiger partial charge in [0.1, 0.15) is 10.6 Å². The summed E-state index contributed by atoms with van der Waals surface area (Å²) >= 11 is 12.3. The van der Waals surface area contributed by atoms with E-state index < -0.39 is 10.0 Å². The monoisotopic (exact) mass is 440 g/mol. The number of H-pyrrole nitrogens is 1. The third kappa shape index (κ3) is 4.15. The van der Waals surface area contributed by atoms with Gasteiger partial charge < -0.3 is 9.72 Å². The second-order valence-electron chi connectivity index (χ2n) is 6.52. The van der Waals surface area contributed by atoms with Gasteiger partial charge in [0.05, 0.1) is 16.7 Å². The van der Waals surface area contributed by atoms with Crippen LogP contribution >= 0.6 is 23.2 Å².